The molecule has 0 radical (unpaired) electrons. The van der Waals surface area contributed by atoms with Crippen LogP contribution in [0, 0.1) is 0 Å². The summed E-state index contributed by atoms with van der Waals surface area (Å²) in [6.45, 7) is 2.11. The Morgan fingerprint density at radius 3 is 2.95 bits per heavy atom. The summed E-state index contributed by atoms with van der Waals surface area (Å²) >= 11 is 0. The number of nitrogen functional groups attached to an aromatic ring is 1. The van der Waals surface area contributed by atoms with Gasteiger partial charge >= 0.3 is 5.97 Å². The lowest BCUT2D eigenvalue weighted by Crippen LogP contribution is -2.04. The first-order valence-electron chi connectivity index (χ1n) is 6.61. The second-order valence-electron chi connectivity index (χ2n) is 4.55. The molecule has 2 N–H and O–H groups in total. The molecule has 5 nitrogen and oxygen atoms in total. The number of nitrogens with two attached hydrogens (primary N) is 1. The van der Waals surface area contributed by atoms with E-state index in [-0.39, 0.29) is 5.97 Å². The summed E-state index contributed by atoms with van der Waals surface area (Å²) in [5.41, 5.74) is 8.88. The van der Waals surface area contributed by atoms with E-state index in [1.807, 2.05) is 6.07 Å². The van der Waals surface area contributed by atoms with Crippen LogP contribution in [0.4, 0.5) is 5.69 Å². The highest BCUT2D eigenvalue weighted by atomic mass is 16.5. The average molecular weight is 282 g/mol. The number of hydrogen-bond donors (Lipinski definition) is 1. The van der Waals surface area contributed by atoms with E-state index in [2.05, 4.69) is 4.98 Å². The molecule has 0 atom stereocenters. The summed E-state index contributed by atoms with van der Waals surface area (Å²) in [4.78, 5) is 16.1. The van der Waals surface area contributed by atoms with Gasteiger partial charge in [-0.05, 0) is 43.3 Å². The van der Waals surface area contributed by atoms with E-state index in [4.69, 9.17) is 14.9 Å². The Hall–Kier alpha value is -2.82. The minimum Gasteiger partial charge on any atom is -0.462 e. The molecule has 0 aliphatic carbocycles. The molecule has 3 aromatic rings. The second-order valence-corrected chi connectivity index (χ2v) is 4.55. The van der Waals surface area contributed by atoms with Crippen LogP contribution >= 0.6 is 0 Å². The number of carbonyl (C=O) groups excluding carboxylic acids is 1. The molecule has 0 aliphatic heterocycles. The van der Waals surface area contributed by atoms with E-state index in [0.717, 1.165) is 5.56 Å². The van der Waals surface area contributed by atoms with Crippen molar-refractivity contribution in [1.82, 2.24) is 4.98 Å². The molecule has 2 aromatic carbocycles. The number of hydrogen-bond acceptors (Lipinski definition) is 5. The smallest absolute Gasteiger partial charge is 0.338 e. The van der Waals surface area contributed by atoms with E-state index in [0.29, 0.717) is 34.8 Å². The fourth-order valence-corrected chi connectivity index (χ4v) is 2.06. The van der Waals surface area contributed by atoms with E-state index >= 15 is 0 Å². The highest BCUT2D eigenvalue weighted by molar-refractivity contribution is 5.91. The van der Waals surface area contributed by atoms with Crippen LogP contribution in [0.1, 0.15) is 17.3 Å². The molecule has 21 heavy (non-hydrogen) atoms. The molecule has 0 unspecified atom stereocenters. The molecule has 0 bridgehead atoms. The summed E-state index contributed by atoms with van der Waals surface area (Å²) in [6, 6.07) is 12.3. The van der Waals surface area contributed by atoms with E-state index in [1.54, 1.807) is 43.3 Å². The predicted octanol–water partition coefficient (Wildman–Crippen LogP) is 3.25. The molecule has 5 heteroatoms. The van der Waals surface area contributed by atoms with E-state index in [9.17, 15) is 4.79 Å². The van der Waals surface area contributed by atoms with Crippen LogP contribution in [-0.2, 0) is 4.74 Å². The van der Waals surface area contributed by atoms with Crippen LogP contribution in [0.2, 0.25) is 0 Å². The second kappa shape index (κ2) is 5.28. The standard InChI is InChI=1S/C16H14N2O3/c1-2-20-16(19)11-5-3-4-10(8-11)15-18-13-9-12(17)6-7-14(13)21-15/h3-9H,2,17H2,1H3. The first-order valence-corrected chi connectivity index (χ1v) is 6.61. The Kier molecular flexibility index (Phi) is 3.31. The van der Waals surface area contributed by atoms with Crippen molar-refractivity contribution in [3.8, 4) is 11.5 Å². The number of aromatic nitrogens is 1. The van der Waals surface area contributed by atoms with Crippen molar-refractivity contribution >= 4 is 22.8 Å². The van der Waals surface area contributed by atoms with Crippen LogP contribution in [0.3, 0.4) is 0 Å². The zero-order valence-electron chi connectivity index (χ0n) is 11.5. The molecule has 0 aliphatic rings. The van der Waals surface area contributed by atoms with Gasteiger partial charge in [-0.15, -0.1) is 0 Å². The lowest BCUT2D eigenvalue weighted by Gasteiger charge is -2.02. The van der Waals surface area contributed by atoms with Gasteiger partial charge in [0.15, 0.2) is 5.58 Å². The van der Waals surface area contributed by atoms with Crippen molar-refractivity contribution in [2.24, 2.45) is 0 Å². The molecular formula is C16H14N2O3. The first-order chi connectivity index (χ1) is 10.2. The van der Waals surface area contributed by atoms with Crippen LogP contribution in [0.25, 0.3) is 22.6 Å². The minimum atomic E-state index is -0.361. The van der Waals surface area contributed by atoms with Crippen molar-refractivity contribution in [1.29, 1.82) is 0 Å². The number of anilines is 1. The van der Waals surface area contributed by atoms with Crippen LogP contribution in [-0.4, -0.2) is 17.6 Å². The number of rotatable bonds is 3. The zero-order valence-corrected chi connectivity index (χ0v) is 11.5. The lowest BCUT2D eigenvalue weighted by atomic mass is 10.1. The Labute approximate surface area is 121 Å². The molecular weight excluding hydrogens is 268 g/mol. The topological polar surface area (TPSA) is 78.3 Å². The van der Waals surface area contributed by atoms with Gasteiger partial charge in [0.1, 0.15) is 5.52 Å². The molecule has 0 amide bonds. The monoisotopic (exact) mass is 282 g/mol. The summed E-state index contributed by atoms with van der Waals surface area (Å²) in [7, 11) is 0. The van der Waals surface area contributed by atoms with E-state index in [1.165, 1.54) is 0 Å². The molecule has 3 rings (SSSR count). The fourth-order valence-electron chi connectivity index (χ4n) is 2.06. The van der Waals surface area contributed by atoms with Gasteiger partial charge in [0.25, 0.3) is 0 Å². The fraction of sp³-hybridized carbons (Fsp3) is 0.125. The van der Waals surface area contributed by atoms with Crippen LogP contribution in [0.5, 0.6) is 0 Å². The first kappa shape index (κ1) is 13.2. The number of nitrogens with zero attached hydrogens (tertiary/aromatic N) is 1. The number of carbonyl (C=O) groups is 1. The summed E-state index contributed by atoms with van der Waals surface area (Å²) in [5, 5.41) is 0. The number of ether oxygens (including phenoxy) is 1. The normalized spacial score (nSPS) is 10.7. The van der Waals surface area contributed by atoms with Crippen LogP contribution < -0.4 is 5.73 Å². The molecule has 0 fully saturated rings. The van der Waals surface area contributed by atoms with Gasteiger partial charge < -0.3 is 14.9 Å². The molecule has 106 valence electrons. The average Bonchev–Trinajstić information content (AvgIpc) is 2.90. The van der Waals surface area contributed by atoms with Crippen molar-refractivity contribution < 1.29 is 13.9 Å². The molecule has 0 saturated heterocycles. The lowest BCUT2D eigenvalue weighted by molar-refractivity contribution is 0.0526. The maximum Gasteiger partial charge on any atom is 0.338 e. The van der Waals surface area contributed by atoms with Crippen molar-refractivity contribution in [2.75, 3.05) is 12.3 Å². The highest BCUT2D eigenvalue weighted by Gasteiger charge is 2.12. The largest absolute Gasteiger partial charge is 0.462 e. The Morgan fingerprint density at radius 2 is 2.14 bits per heavy atom. The Bertz CT molecular complexity index is 808. The zero-order chi connectivity index (χ0) is 14.8. The third-order valence-electron chi connectivity index (χ3n) is 3.03. The maximum atomic E-state index is 11.8. The van der Waals surface area contributed by atoms with Gasteiger partial charge in [-0.2, -0.15) is 0 Å². The quantitative estimate of drug-likeness (QED) is 0.589. The van der Waals surface area contributed by atoms with Gasteiger partial charge in [0, 0.05) is 11.3 Å². The number of oxazole rings is 1. The minimum absolute atomic E-state index is 0.339. The summed E-state index contributed by atoms with van der Waals surface area (Å²) < 4.78 is 10.7. The molecule has 1 heterocycles. The SMILES string of the molecule is CCOC(=O)c1cccc(-c2nc3cc(N)ccc3o2)c1. The highest BCUT2D eigenvalue weighted by Crippen LogP contribution is 2.26. The van der Waals surface area contributed by atoms with Gasteiger partial charge in [-0.1, -0.05) is 6.07 Å². The number of esters is 1. The van der Waals surface area contributed by atoms with Gasteiger partial charge in [0.05, 0.1) is 12.2 Å². The molecule has 0 spiro atoms. The molecule has 1 aromatic heterocycles. The summed E-state index contributed by atoms with van der Waals surface area (Å²) in [5.74, 6) is 0.0847. The van der Waals surface area contributed by atoms with Crippen molar-refractivity contribution in [2.45, 2.75) is 6.92 Å². The third-order valence-corrected chi connectivity index (χ3v) is 3.03. The summed E-state index contributed by atoms with van der Waals surface area (Å²) in [6.07, 6.45) is 0. The van der Waals surface area contributed by atoms with Crippen molar-refractivity contribution in [3.63, 3.8) is 0 Å². The van der Waals surface area contributed by atoms with E-state index < -0.39 is 0 Å². The van der Waals surface area contributed by atoms with Crippen LogP contribution in [0.15, 0.2) is 46.9 Å². The maximum absolute atomic E-state index is 11.8. The third kappa shape index (κ3) is 2.58. The predicted molar refractivity (Wildman–Crippen MR) is 79.8 cm³/mol. The van der Waals surface area contributed by atoms with Crippen molar-refractivity contribution in [3.05, 3.63) is 48.0 Å². The van der Waals surface area contributed by atoms with Gasteiger partial charge in [0.2, 0.25) is 5.89 Å². The van der Waals surface area contributed by atoms with Gasteiger partial charge in [-0.25, -0.2) is 9.78 Å². The Morgan fingerprint density at radius 1 is 1.29 bits per heavy atom. The number of fused-ring (bicyclic) bond motifs is 1. The number of benzene rings is 2. The molecule has 0 saturated carbocycles. The Balaban J connectivity index is 2.02. The van der Waals surface area contributed by atoms with Gasteiger partial charge in [-0.3, -0.25) is 0 Å².